The Hall–Kier alpha value is -2.43. The maximum atomic E-state index is 12.1. The number of rotatable bonds is 3. The molecule has 1 aliphatic rings. The van der Waals surface area contributed by atoms with Crippen LogP contribution < -0.4 is 10.6 Å². The predicted molar refractivity (Wildman–Crippen MR) is 95.4 cm³/mol. The normalized spacial score (nSPS) is 16.3. The quantitative estimate of drug-likeness (QED) is 0.899. The molecule has 1 aliphatic carbocycles. The molecule has 0 saturated carbocycles. The number of thiazole rings is 1. The van der Waals surface area contributed by atoms with Gasteiger partial charge in [0.05, 0.1) is 17.3 Å². The Labute approximate surface area is 145 Å². The molecule has 7 heteroatoms. The molecule has 1 aromatic carbocycles. The second-order valence-corrected chi connectivity index (χ2v) is 7.10. The third-order valence-electron chi connectivity index (χ3n) is 4.11. The molecule has 3 rings (SSSR count). The van der Waals surface area contributed by atoms with Crippen LogP contribution >= 0.6 is 11.3 Å². The van der Waals surface area contributed by atoms with Crippen LogP contribution in [0.1, 0.15) is 22.6 Å². The van der Waals surface area contributed by atoms with E-state index >= 15 is 0 Å². The first kappa shape index (κ1) is 16.4. The second kappa shape index (κ2) is 6.99. The Kier molecular flexibility index (Phi) is 4.79. The van der Waals surface area contributed by atoms with Crippen molar-refractivity contribution in [1.82, 2.24) is 9.88 Å². The van der Waals surface area contributed by atoms with E-state index in [1.54, 1.807) is 35.6 Å². The number of aryl methyl sites for hydroxylation is 1. The van der Waals surface area contributed by atoms with Crippen LogP contribution in [0.5, 0.6) is 0 Å². The predicted octanol–water partition coefficient (Wildman–Crippen LogP) is 3.08. The number of urea groups is 1. The third-order valence-corrected chi connectivity index (χ3v) is 5.15. The van der Waals surface area contributed by atoms with Crippen molar-refractivity contribution in [3.63, 3.8) is 0 Å². The van der Waals surface area contributed by atoms with Gasteiger partial charge >= 0.3 is 6.03 Å². The first-order valence-electron chi connectivity index (χ1n) is 7.78. The number of benzene rings is 1. The van der Waals surface area contributed by atoms with Crippen molar-refractivity contribution in [2.75, 3.05) is 24.7 Å². The average Bonchev–Trinajstić information content (AvgIpc) is 2.95. The number of nitriles is 1. The van der Waals surface area contributed by atoms with Gasteiger partial charge in [0.15, 0.2) is 5.13 Å². The van der Waals surface area contributed by atoms with E-state index in [0.717, 1.165) is 25.0 Å². The van der Waals surface area contributed by atoms with E-state index in [-0.39, 0.29) is 6.03 Å². The van der Waals surface area contributed by atoms with Crippen LogP contribution in [-0.4, -0.2) is 36.1 Å². The molecule has 1 aromatic heterocycles. The molecule has 0 spiro atoms. The largest absolute Gasteiger partial charge is 0.325 e. The fourth-order valence-corrected chi connectivity index (χ4v) is 3.85. The van der Waals surface area contributed by atoms with Crippen molar-refractivity contribution in [3.05, 3.63) is 40.4 Å². The van der Waals surface area contributed by atoms with E-state index in [0.29, 0.717) is 22.4 Å². The maximum Gasteiger partial charge on any atom is 0.325 e. The van der Waals surface area contributed by atoms with Crippen LogP contribution in [0.25, 0.3) is 0 Å². The summed E-state index contributed by atoms with van der Waals surface area (Å²) >= 11 is 1.54. The first-order valence-corrected chi connectivity index (χ1v) is 8.60. The molecular formula is C17H19N5OS. The number of anilines is 2. The standard InChI is InChI=1S/C17H19N5OS/c1-22(2)13-6-7-14-15(9-13)24-17(20-14)21-16(23)19-12-5-3-4-11(8-12)10-18/h3-5,8,13H,6-7,9H2,1-2H3,(H2,19,20,21,23). The van der Waals surface area contributed by atoms with Crippen molar-refractivity contribution in [3.8, 4) is 6.07 Å². The van der Waals surface area contributed by atoms with Gasteiger partial charge in [0, 0.05) is 16.6 Å². The number of likely N-dealkylation sites (N-methyl/N-ethyl adjacent to an activating group) is 1. The van der Waals surface area contributed by atoms with Gasteiger partial charge in [-0.2, -0.15) is 5.26 Å². The maximum absolute atomic E-state index is 12.1. The summed E-state index contributed by atoms with van der Waals surface area (Å²) in [5.41, 5.74) is 2.19. The molecule has 2 N–H and O–H groups in total. The van der Waals surface area contributed by atoms with Gasteiger partial charge in [-0.25, -0.2) is 9.78 Å². The van der Waals surface area contributed by atoms with Crippen molar-refractivity contribution in [2.45, 2.75) is 25.3 Å². The van der Waals surface area contributed by atoms with Gasteiger partial charge in [0.1, 0.15) is 0 Å². The Bertz CT molecular complexity index is 793. The fourth-order valence-electron chi connectivity index (χ4n) is 2.78. The number of nitrogens with zero attached hydrogens (tertiary/aromatic N) is 3. The van der Waals surface area contributed by atoms with E-state index in [2.05, 4.69) is 40.7 Å². The monoisotopic (exact) mass is 341 g/mol. The van der Waals surface area contributed by atoms with Crippen LogP contribution in [0.4, 0.5) is 15.6 Å². The molecule has 24 heavy (non-hydrogen) atoms. The Morgan fingerprint density at radius 2 is 2.25 bits per heavy atom. The molecular weight excluding hydrogens is 322 g/mol. The first-order chi connectivity index (χ1) is 11.5. The van der Waals surface area contributed by atoms with Crippen LogP contribution in [0.3, 0.4) is 0 Å². The molecule has 6 nitrogen and oxygen atoms in total. The summed E-state index contributed by atoms with van der Waals surface area (Å²) in [4.78, 5) is 20.1. The molecule has 1 atom stereocenters. The van der Waals surface area contributed by atoms with E-state index in [1.807, 2.05) is 0 Å². The lowest BCUT2D eigenvalue weighted by Gasteiger charge is -2.27. The van der Waals surface area contributed by atoms with Crippen molar-refractivity contribution >= 4 is 28.2 Å². The molecule has 1 heterocycles. The van der Waals surface area contributed by atoms with Gasteiger partial charge in [0.2, 0.25) is 0 Å². The lowest BCUT2D eigenvalue weighted by atomic mass is 9.97. The molecule has 2 aromatic rings. The highest BCUT2D eigenvalue weighted by Gasteiger charge is 2.24. The zero-order chi connectivity index (χ0) is 17.1. The van der Waals surface area contributed by atoms with E-state index in [4.69, 9.17) is 5.26 Å². The molecule has 0 saturated heterocycles. The van der Waals surface area contributed by atoms with Crippen LogP contribution in [0, 0.1) is 11.3 Å². The van der Waals surface area contributed by atoms with Crippen molar-refractivity contribution in [1.29, 1.82) is 5.26 Å². The number of hydrogen-bond donors (Lipinski definition) is 2. The Morgan fingerprint density at radius 1 is 1.42 bits per heavy atom. The van der Waals surface area contributed by atoms with Crippen molar-refractivity contribution < 1.29 is 4.79 Å². The topological polar surface area (TPSA) is 81.1 Å². The second-order valence-electron chi connectivity index (χ2n) is 6.02. The highest BCUT2D eigenvalue weighted by molar-refractivity contribution is 7.15. The summed E-state index contributed by atoms with van der Waals surface area (Å²) in [6.07, 6.45) is 3.02. The number of carbonyl (C=O) groups is 1. The van der Waals surface area contributed by atoms with E-state index < -0.39 is 0 Å². The summed E-state index contributed by atoms with van der Waals surface area (Å²) in [5.74, 6) is 0. The number of amides is 2. The van der Waals surface area contributed by atoms with Crippen LogP contribution in [0.2, 0.25) is 0 Å². The van der Waals surface area contributed by atoms with Gasteiger partial charge in [-0.05, 0) is 51.6 Å². The highest BCUT2D eigenvalue weighted by Crippen LogP contribution is 2.31. The van der Waals surface area contributed by atoms with Crippen LogP contribution in [0.15, 0.2) is 24.3 Å². The minimum atomic E-state index is -0.347. The molecule has 0 bridgehead atoms. The SMILES string of the molecule is CN(C)C1CCc2nc(NC(=O)Nc3cccc(C#N)c3)sc2C1. The lowest BCUT2D eigenvalue weighted by Crippen LogP contribution is -2.32. The number of fused-ring (bicyclic) bond motifs is 1. The summed E-state index contributed by atoms with van der Waals surface area (Å²) in [7, 11) is 4.19. The summed E-state index contributed by atoms with van der Waals surface area (Å²) < 4.78 is 0. The zero-order valence-electron chi connectivity index (χ0n) is 13.7. The lowest BCUT2D eigenvalue weighted by molar-refractivity contribution is 0.262. The van der Waals surface area contributed by atoms with Gasteiger partial charge in [0.25, 0.3) is 0 Å². The summed E-state index contributed by atoms with van der Waals surface area (Å²) in [6, 6.07) is 9.04. The van der Waals surface area contributed by atoms with Crippen LogP contribution in [-0.2, 0) is 12.8 Å². The van der Waals surface area contributed by atoms with Gasteiger partial charge < -0.3 is 10.2 Å². The van der Waals surface area contributed by atoms with Gasteiger partial charge in [-0.15, -0.1) is 11.3 Å². The average molecular weight is 341 g/mol. The Morgan fingerprint density at radius 3 is 3.00 bits per heavy atom. The molecule has 124 valence electrons. The minimum absolute atomic E-state index is 0.347. The summed E-state index contributed by atoms with van der Waals surface area (Å²) in [6.45, 7) is 0. The van der Waals surface area contributed by atoms with Crippen molar-refractivity contribution in [2.24, 2.45) is 0 Å². The molecule has 0 fully saturated rings. The van der Waals surface area contributed by atoms with Gasteiger partial charge in [-0.3, -0.25) is 5.32 Å². The minimum Gasteiger partial charge on any atom is -0.308 e. The zero-order valence-corrected chi connectivity index (χ0v) is 14.5. The van der Waals surface area contributed by atoms with E-state index in [9.17, 15) is 4.79 Å². The highest BCUT2D eigenvalue weighted by atomic mass is 32.1. The molecule has 1 unspecified atom stereocenters. The number of nitrogens with one attached hydrogen (secondary N) is 2. The third kappa shape index (κ3) is 3.72. The number of hydrogen-bond acceptors (Lipinski definition) is 5. The smallest absolute Gasteiger partial charge is 0.308 e. The van der Waals surface area contributed by atoms with E-state index in [1.165, 1.54) is 4.88 Å². The Balaban J connectivity index is 1.64. The summed E-state index contributed by atoms with van der Waals surface area (Å²) in [5, 5.41) is 15.0. The molecule has 2 amide bonds. The number of aromatic nitrogens is 1. The molecule has 0 radical (unpaired) electrons. The van der Waals surface area contributed by atoms with Gasteiger partial charge in [-0.1, -0.05) is 6.07 Å². The molecule has 0 aliphatic heterocycles. The fraction of sp³-hybridized carbons (Fsp3) is 0.353. The number of carbonyl (C=O) groups excluding carboxylic acids is 1.